The average molecular weight is 240 g/mol. The lowest BCUT2D eigenvalue weighted by atomic mass is 10.2. The van der Waals surface area contributed by atoms with E-state index >= 15 is 0 Å². The molecule has 1 atom stereocenters. The molecule has 1 aromatic rings. The molecule has 0 bridgehead atoms. The minimum absolute atomic E-state index is 0.0367. The molecule has 0 aliphatic carbocycles. The lowest BCUT2D eigenvalue weighted by molar-refractivity contribution is -0.123. The van der Waals surface area contributed by atoms with Gasteiger partial charge in [0.25, 0.3) is 0 Å². The standard InChI is InChI=1S/C11H16N2O4/c1-17-10-4-7(2-3-9(10)15)5-13-11(16)8(12)6-14/h2-4,8,14-15H,5-6,12H2,1H3,(H,13,16)/t8-/m0/s1. The van der Waals surface area contributed by atoms with Crippen molar-refractivity contribution in [3.8, 4) is 11.5 Å². The fraction of sp³-hybridized carbons (Fsp3) is 0.364. The van der Waals surface area contributed by atoms with E-state index in [4.69, 9.17) is 15.6 Å². The second kappa shape index (κ2) is 6.07. The number of hydrogen-bond acceptors (Lipinski definition) is 5. The summed E-state index contributed by atoms with van der Waals surface area (Å²) in [5, 5.41) is 20.6. The van der Waals surface area contributed by atoms with Crippen LogP contribution >= 0.6 is 0 Å². The van der Waals surface area contributed by atoms with Crippen LogP contribution in [0.1, 0.15) is 5.56 Å². The molecular formula is C11H16N2O4. The molecule has 6 nitrogen and oxygen atoms in total. The van der Waals surface area contributed by atoms with Gasteiger partial charge in [0.2, 0.25) is 5.91 Å². The minimum Gasteiger partial charge on any atom is -0.504 e. The number of nitrogens with two attached hydrogens (primary N) is 1. The normalized spacial score (nSPS) is 11.9. The van der Waals surface area contributed by atoms with Gasteiger partial charge in [-0.05, 0) is 17.7 Å². The summed E-state index contributed by atoms with van der Waals surface area (Å²) in [4.78, 5) is 11.3. The topological polar surface area (TPSA) is 105 Å². The van der Waals surface area contributed by atoms with Crippen LogP contribution in [-0.2, 0) is 11.3 Å². The highest BCUT2D eigenvalue weighted by molar-refractivity contribution is 5.81. The lowest BCUT2D eigenvalue weighted by Crippen LogP contribution is -2.42. The smallest absolute Gasteiger partial charge is 0.239 e. The van der Waals surface area contributed by atoms with Gasteiger partial charge in [-0.15, -0.1) is 0 Å². The van der Waals surface area contributed by atoms with Gasteiger partial charge in [0.15, 0.2) is 11.5 Å². The molecule has 1 aromatic carbocycles. The van der Waals surface area contributed by atoms with Crippen molar-refractivity contribution in [2.24, 2.45) is 5.73 Å². The summed E-state index contributed by atoms with van der Waals surface area (Å²) in [6.45, 7) is -0.145. The van der Waals surface area contributed by atoms with Gasteiger partial charge in [-0.2, -0.15) is 0 Å². The van der Waals surface area contributed by atoms with Crippen molar-refractivity contribution in [3.63, 3.8) is 0 Å². The molecule has 0 spiro atoms. The maximum absolute atomic E-state index is 11.3. The molecule has 0 aliphatic heterocycles. The number of aliphatic hydroxyl groups excluding tert-OH is 1. The monoisotopic (exact) mass is 240 g/mol. The van der Waals surface area contributed by atoms with Crippen LogP contribution in [0.25, 0.3) is 0 Å². The average Bonchev–Trinajstić information content (AvgIpc) is 2.36. The highest BCUT2D eigenvalue weighted by atomic mass is 16.5. The number of nitrogens with one attached hydrogen (secondary N) is 1. The fourth-order valence-corrected chi connectivity index (χ4v) is 1.24. The van der Waals surface area contributed by atoms with Gasteiger partial charge in [0.05, 0.1) is 13.7 Å². The first-order valence-corrected chi connectivity index (χ1v) is 5.08. The van der Waals surface area contributed by atoms with Gasteiger partial charge in [-0.3, -0.25) is 4.79 Å². The molecule has 94 valence electrons. The van der Waals surface area contributed by atoms with E-state index in [2.05, 4.69) is 5.32 Å². The van der Waals surface area contributed by atoms with Crippen molar-refractivity contribution in [2.75, 3.05) is 13.7 Å². The number of aromatic hydroxyl groups is 1. The minimum atomic E-state index is -0.922. The number of carbonyl (C=O) groups is 1. The van der Waals surface area contributed by atoms with Crippen molar-refractivity contribution in [2.45, 2.75) is 12.6 Å². The first-order chi connectivity index (χ1) is 8.08. The number of hydrogen-bond donors (Lipinski definition) is 4. The largest absolute Gasteiger partial charge is 0.504 e. The molecule has 0 saturated carbocycles. The Morgan fingerprint density at radius 1 is 1.59 bits per heavy atom. The van der Waals surface area contributed by atoms with Gasteiger partial charge in [0, 0.05) is 6.54 Å². The first kappa shape index (κ1) is 13.3. The number of aliphatic hydroxyl groups is 1. The summed E-state index contributed by atoms with van der Waals surface area (Å²) in [5.74, 6) is -0.0580. The van der Waals surface area contributed by atoms with E-state index in [1.807, 2.05) is 0 Å². The van der Waals surface area contributed by atoms with E-state index in [1.54, 1.807) is 12.1 Å². The number of rotatable bonds is 5. The Hall–Kier alpha value is -1.79. The third-order valence-corrected chi connectivity index (χ3v) is 2.24. The maximum Gasteiger partial charge on any atom is 0.239 e. The van der Waals surface area contributed by atoms with Gasteiger partial charge < -0.3 is 26.0 Å². The molecule has 0 heterocycles. The summed E-state index contributed by atoms with van der Waals surface area (Å²) in [7, 11) is 1.44. The second-order valence-corrected chi connectivity index (χ2v) is 3.51. The SMILES string of the molecule is COc1cc(CNC(=O)[C@@H](N)CO)ccc1O. The van der Waals surface area contributed by atoms with E-state index in [9.17, 15) is 9.90 Å². The van der Waals surface area contributed by atoms with Crippen molar-refractivity contribution in [1.29, 1.82) is 0 Å². The molecule has 17 heavy (non-hydrogen) atoms. The van der Waals surface area contributed by atoms with Crippen LogP contribution in [-0.4, -0.2) is 35.9 Å². The molecule has 0 fully saturated rings. The third-order valence-electron chi connectivity index (χ3n) is 2.24. The molecule has 0 radical (unpaired) electrons. The number of phenols is 1. The van der Waals surface area contributed by atoms with Crippen LogP contribution in [0.5, 0.6) is 11.5 Å². The maximum atomic E-state index is 11.3. The summed E-state index contributed by atoms with van der Waals surface area (Å²) in [6, 6.07) is 3.82. The number of carbonyl (C=O) groups excluding carboxylic acids is 1. The Bertz CT molecular complexity index is 395. The highest BCUT2D eigenvalue weighted by Gasteiger charge is 2.11. The van der Waals surface area contributed by atoms with Crippen LogP contribution in [0.3, 0.4) is 0 Å². The van der Waals surface area contributed by atoms with Gasteiger partial charge >= 0.3 is 0 Å². The Kier molecular flexibility index (Phi) is 4.74. The van der Waals surface area contributed by atoms with Crippen molar-refractivity contribution >= 4 is 5.91 Å². The molecule has 0 saturated heterocycles. The van der Waals surface area contributed by atoms with Crippen molar-refractivity contribution < 1.29 is 19.7 Å². The Morgan fingerprint density at radius 2 is 2.29 bits per heavy atom. The molecule has 1 rings (SSSR count). The van der Waals surface area contributed by atoms with Crippen molar-refractivity contribution in [3.05, 3.63) is 23.8 Å². The van der Waals surface area contributed by atoms with E-state index in [0.29, 0.717) is 5.75 Å². The molecule has 0 unspecified atom stereocenters. The Balaban J connectivity index is 2.61. The van der Waals surface area contributed by atoms with Crippen LogP contribution in [0.15, 0.2) is 18.2 Å². The summed E-state index contributed by atoms with van der Waals surface area (Å²) in [6.07, 6.45) is 0. The van der Waals surface area contributed by atoms with Gasteiger partial charge in [0.1, 0.15) is 6.04 Å². The van der Waals surface area contributed by atoms with Crippen molar-refractivity contribution in [1.82, 2.24) is 5.32 Å². The van der Waals surface area contributed by atoms with Crippen LogP contribution in [0, 0.1) is 0 Å². The molecule has 1 amide bonds. The summed E-state index contributed by atoms with van der Waals surface area (Å²) in [5.41, 5.74) is 6.10. The Labute approximate surface area is 99.0 Å². The molecule has 6 heteroatoms. The predicted molar refractivity (Wildman–Crippen MR) is 61.6 cm³/mol. The third kappa shape index (κ3) is 3.61. The van der Waals surface area contributed by atoms with Crippen LogP contribution in [0.4, 0.5) is 0 Å². The van der Waals surface area contributed by atoms with E-state index in [0.717, 1.165) is 5.56 Å². The number of methoxy groups -OCH3 is 1. The zero-order chi connectivity index (χ0) is 12.8. The first-order valence-electron chi connectivity index (χ1n) is 5.08. The zero-order valence-corrected chi connectivity index (χ0v) is 9.51. The molecule has 5 N–H and O–H groups in total. The summed E-state index contributed by atoms with van der Waals surface area (Å²) < 4.78 is 4.93. The number of ether oxygens (including phenoxy) is 1. The number of amides is 1. The lowest BCUT2D eigenvalue weighted by Gasteiger charge is -2.10. The molecule has 0 aliphatic rings. The predicted octanol–water partition coefficient (Wildman–Crippen LogP) is -0.663. The van der Waals surface area contributed by atoms with Gasteiger partial charge in [-0.1, -0.05) is 6.07 Å². The van der Waals surface area contributed by atoms with Crippen LogP contribution in [0.2, 0.25) is 0 Å². The van der Waals surface area contributed by atoms with E-state index in [-0.39, 0.29) is 12.3 Å². The van der Waals surface area contributed by atoms with Gasteiger partial charge in [-0.25, -0.2) is 0 Å². The molecular weight excluding hydrogens is 224 g/mol. The molecule has 0 aromatic heterocycles. The van der Waals surface area contributed by atoms with E-state index in [1.165, 1.54) is 13.2 Å². The number of benzene rings is 1. The zero-order valence-electron chi connectivity index (χ0n) is 9.51. The second-order valence-electron chi connectivity index (χ2n) is 3.51. The fourth-order valence-electron chi connectivity index (χ4n) is 1.24. The van der Waals surface area contributed by atoms with Crippen LogP contribution < -0.4 is 15.8 Å². The highest BCUT2D eigenvalue weighted by Crippen LogP contribution is 2.25. The quantitative estimate of drug-likeness (QED) is 0.546. The van der Waals surface area contributed by atoms with E-state index < -0.39 is 18.6 Å². The summed E-state index contributed by atoms with van der Waals surface area (Å²) >= 11 is 0. The Morgan fingerprint density at radius 3 is 2.88 bits per heavy atom. The number of phenolic OH excluding ortho intramolecular Hbond substituents is 1.